The Kier molecular flexibility index (Phi) is 4.90. The number of halogens is 3. The molecule has 1 amide bonds. The van der Waals surface area contributed by atoms with E-state index in [-0.39, 0.29) is 12.7 Å². The van der Waals surface area contributed by atoms with Crippen molar-refractivity contribution >= 4 is 5.91 Å². The zero-order chi connectivity index (χ0) is 11.4. The number of rotatable bonds is 4. The van der Waals surface area contributed by atoms with Gasteiger partial charge in [-0.3, -0.25) is 4.79 Å². The highest BCUT2D eigenvalue weighted by Crippen LogP contribution is 2.15. The third-order valence-electron chi connectivity index (χ3n) is 1.38. The summed E-state index contributed by atoms with van der Waals surface area (Å²) in [7, 11) is 1.10. The molecule has 0 saturated carbocycles. The third-order valence-corrected chi connectivity index (χ3v) is 1.38. The normalized spacial score (nSPS) is 11.9. The first-order valence-electron chi connectivity index (χ1n) is 4.14. The molecule has 0 saturated heterocycles. The van der Waals surface area contributed by atoms with Crippen LogP contribution >= 0.6 is 0 Å². The van der Waals surface area contributed by atoms with Crippen molar-refractivity contribution in [3.63, 3.8) is 0 Å². The Hall–Kier alpha value is -0.780. The molecule has 0 aromatic heterocycles. The van der Waals surface area contributed by atoms with Crippen molar-refractivity contribution in [3.8, 4) is 0 Å². The van der Waals surface area contributed by atoms with Crippen LogP contribution in [0, 0.1) is 0 Å². The summed E-state index contributed by atoms with van der Waals surface area (Å²) in [5, 5.41) is 0. The molecule has 0 atom stereocenters. The molecule has 0 N–H and O–H groups in total. The highest BCUT2D eigenvalue weighted by atomic mass is 19.4. The molecule has 6 heteroatoms. The van der Waals surface area contributed by atoms with E-state index in [1.165, 1.54) is 0 Å². The van der Waals surface area contributed by atoms with Crippen LogP contribution in [0.2, 0.25) is 0 Å². The van der Waals surface area contributed by atoms with E-state index in [0.717, 1.165) is 7.05 Å². The van der Waals surface area contributed by atoms with Gasteiger partial charge in [-0.25, -0.2) is 0 Å². The average molecular weight is 213 g/mol. The van der Waals surface area contributed by atoms with Crippen LogP contribution in [0.25, 0.3) is 0 Å². The summed E-state index contributed by atoms with van der Waals surface area (Å²) in [5.74, 6) is -0.670. The van der Waals surface area contributed by atoms with Crippen LogP contribution in [-0.2, 0) is 9.53 Å². The SMILES string of the molecule is CC(C)OCC(=O)N(C)CC(F)(F)F. The molecule has 0 radical (unpaired) electrons. The molecule has 0 bridgehead atoms. The van der Waals surface area contributed by atoms with Crippen LogP contribution in [0.5, 0.6) is 0 Å². The number of hydrogen-bond donors (Lipinski definition) is 0. The third kappa shape index (κ3) is 6.71. The highest BCUT2D eigenvalue weighted by Gasteiger charge is 2.31. The Morgan fingerprint density at radius 1 is 1.43 bits per heavy atom. The fourth-order valence-electron chi connectivity index (χ4n) is 0.705. The number of nitrogens with zero attached hydrogens (tertiary/aromatic N) is 1. The van der Waals surface area contributed by atoms with Crippen LogP contribution in [0.3, 0.4) is 0 Å². The maximum absolute atomic E-state index is 11.8. The second-order valence-electron chi connectivity index (χ2n) is 3.22. The summed E-state index contributed by atoms with van der Waals surface area (Å²) in [5.41, 5.74) is 0. The molecule has 0 unspecified atom stereocenters. The van der Waals surface area contributed by atoms with Crippen molar-refractivity contribution in [1.29, 1.82) is 0 Å². The van der Waals surface area contributed by atoms with E-state index in [4.69, 9.17) is 4.74 Å². The Morgan fingerprint density at radius 2 is 1.93 bits per heavy atom. The summed E-state index contributed by atoms with van der Waals surface area (Å²) in [6.07, 6.45) is -4.53. The van der Waals surface area contributed by atoms with Crippen LogP contribution in [0.1, 0.15) is 13.8 Å². The number of carbonyl (C=O) groups excluding carboxylic acids is 1. The number of ether oxygens (including phenoxy) is 1. The van der Waals surface area contributed by atoms with E-state index in [2.05, 4.69) is 0 Å². The maximum atomic E-state index is 11.8. The fourth-order valence-corrected chi connectivity index (χ4v) is 0.705. The molecular weight excluding hydrogens is 199 g/mol. The number of hydrogen-bond acceptors (Lipinski definition) is 2. The zero-order valence-electron chi connectivity index (χ0n) is 8.39. The lowest BCUT2D eigenvalue weighted by Crippen LogP contribution is -2.38. The van der Waals surface area contributed by atoms with E-state index < -0.39 is 18.6 Å². The number of likely N-dealkylation sites (N-methyl/N-ethyl adjacent to an activating group) is 1. The van der Waals surface area contributed by atoms with Crippen molar-refractivity contribution in [2.75, 3.05) is 20.2 Å². The smallest absolute Gasteiger partial charge is 0.369 e. The van der Waals surface area contributed by atoms with E-state index in [1.807, 2.05) is 0 Å². The van der Waals surface area contributed by atoms with Gasteiger partial charge in [0.25, 0.3) is 0 Å². The zero-order valence-corrected chi connectivity index (χ0v) is 8.39. The lowest BCUT2D eigenvalue weighted by molar-refractivity contribution is -0.161. The Labute approximate surface area is 80.8 Å². The summed E-state index contributed by atoms with van der Waals surface area (Å²) >= 11 is 0. The molecule has 0 aromatic carbocycles. The van der Waals surface area contributed by atoms with Crippen molar-refractivity contribution in [3.05, 3.63) is 0 Å². The number of amides is 1. The van der Waals surface area contributed by atoms with Gasteiger partial charge in [0, 0.05) is 7.05 Å². The van der Waals surface area contributed by atoms with Gasteiger partial charge >= 0.3 is 6.18 Å². The molecular formula is C8H14F3NO2. The molecule has 3 nitrogen and oxygen atoms in total. The predicted molar refractivity (Wildman–Crippen MR) is 44.8 cm³/mol. The minimum atomic E-state index is -4.36. The van der Waals surface area contributed by atoms with Gasteiger partial charge in [0.1, 0.15) is 13.2 Å². The van der Waals surface area contributed by atoms with Crippen molar-refractivity contribution < 1.29 is 22.7 Å². The summed E-state index contributed by atoms with van der Waals surface area (Å²) in [4.78, 5) is 11.6. The van der Waals surface area contributed by atoms with Crippen molar-refractivity contribution in [2.24, 2.45) is 0 Å². The molecule has 0 heterocycles. The van der Waals surface area contributed by atoms with Crippen LogP contribution in [0.4, 0.5) is 13.2 Å². The monoisotopic (exact) mass is 213 g/mol. The highest BCUT2D eigenvalue weighted by molar-refractivity contribution is 5.77. The predicted octanol–water partition coefficient (Wildman–Crippen LogP) is 1.43. The second kappa shape index (κ2) is 5.19. The number of carbonyl (C=O) groups is 1. The van der Waals surface area contributed by atoms with Crippen molar-refractivity contribution in [1.82, 2.24) is 4.90 Å². The maximum Gasteiger partial charge on any atom is 0.406 e. The molecule has 14 heavy (non-hydrogen) atoms. The largest absolute Gasteiger partial charge is 0.406 e. The van der Waals surface area contributed by atoms with Gasteiger partial charge < -0.3 is 9.64 Å². The molecule has 0 fully saturated rings. The Balaban J connectivity index is 3.88. The molecule has 0 aliphatic heterocycles. The van der Waals surface area contributed by atoms with Crippen LogP contribution in [-0.4, -0.2) is 43.3 Å². The lowest BCUT2D eigenvalue weighted by Gasteiger charge is -2.19. The molecule has 0 rings (SSSR count). The van der Waals surface area contributed by atoms with Crippen LogP contribution in [0.15, 0.2) is 0 Å². The van der Waals surface area contributed by atoms with Gasteiger partial charge in [0.15, 0.2) is 0 Å². The first-order chi connectivity index (χ1) is 6.22. The van der Waals surface area contributed by atoms with E-state index in [9.17, 15) is 18.0 Å². The molecule has 0 aliphatic carbocycles. The van der Waals surface area contributed by atoms with Crippen molar-refractivity contribution in [2.45, 2.75) is 26.1 Å². The molecule has 0 aromatic rings. The Bertz CT molecular complexity index is 192. The summed E-state index contributed by atoms with van der Waals surface area (Å²) < 4.78 is 40.4. The summed E-state index contributed by atoms with van der Waals surface area (Å²) in [6, 6.07) is 0. The standard InChI is InChI=1S/C8H14F3NO2/c1-6(2)14-4-7(13)12(3)5-8(9,10)11/h6H,4-5H2,1-3H3. The quantitative estimate of drug-likeness (QED) is 0.707. The van der Waals surface area contributed by atoms with Gasteiger partial charge in [-0.15, -0.1) is 0 Å². The van der Waals surface area contributed by atoms with E-state index >= 15 is 0 Å². The topological polar surface area (TPSA) is 29.5 Å². The second-order valence-corrected chi connectivity index (χ2v) is 3.22. The summed E-state index contributed by atoms with van der Waals surface area (Å²) in [6.45, 7) is 1.85. The lowest BCUT2D eigenvalue weighted by atomic mass is 10.4. The first-order valence-corrected chi connectivity index (χ1v) is 4.14. The van der Waals surface area contributed by atoms with Gasteiger partial charge in [-0.1, -0.05) is 0 Å². The van der Waals surface area contributed by atoms with Gasteiger partial charge in [0.2, 0.25) is 5.91 Å². The molecule has 0 aliphatic rings. The van der Waals surface area contributed by atoms with Crippen LogP contribution < -0.4 is 0 Å². The minimum Gasteiger partial charge on any atom is -0.369 e. The Morgan fingerprint density at radius 3 is 2.29 bits per heavy atom. The van der Waals surface area contributed by atoms with E-state index in [1.54, 1.807) is 13.8 Å². The van der Waals surface area contributed by atoms with Gasteiger partial charge in [-0.05, 0) is 13.8 Å². The van der Waals surface area contributed by atoms with E-state index in [0.29, 0.717) is 4.90 Å². The molecule has 0 spiro atoms. The average Bonchev–Trinajstić information content (AvgIpc) is 1.96. The minimum absolute atomic E-state index is 0.168. The van der Waals surface area contributed by atoms with Gasteiger partial charge in [-0.2, -0.15) is 13.2 Å². The van der Waals surface area contributed by atoms with Gasteiger partial charge in [0.05, 0.1) is 6.10 Å². The fraction of sp³-hybridized carbons (Fsp3) is 0.875. The molecule has 84 valence electrons. The number of alkyl halides is 3. The first kappa shape index (κ1) is 13.2.